The molecule has 5 aromatic rings. The molecule has 3 atom stereocenters. The van der Waals surface area contributed by atoms with Crippen molar-refractivity contribution in [2.75, 3.05) is 29.9 Å². The van der Waals surface area contributed by atoms with E-state index >= 15 is 4.39 Å². The number of amides is 5. The van der Waals surface area contributed by atoms with Crippen molar-refractivity contribution in [2.45, 2.75) is 136 Å². The predicted molar refractivity (Wildman–Crippen MR) is 277 cm³/mol. The van der Waals surface area contributed by atoms with Crippen LogP contribution in [-0.4, -0.2) is 79.7 Å². The number of benzene rings is 2. The topological polar surface area (TPSA) is 262 Å². The highest BCUT2D eigenvalue weighted by Crippen LogP contribution is 2.37. The van der Waals surface area contributed by atoms with E-state index in [0.29, 0.717) is 59.9 Å². The number of nitrogens with zero attached hydrogens (tertiary/aromatic N) is 4. The third kappa shape index (κ3) is 15.0. The van der Waals surface area contributed by atoms with E-state index in [9.17, 15) is 29.1 Å². The summed E-state index contributed by atoms with van der Waals surface area (Å²) in [5.74, 6) is -2.06. The van der Waals surface area contributed by atoms with Gasteiger partial charge < -0.3 is 43.2 Å². The van der Waals surface area contributed by atoms with Crippen molar-refractivity contribution in [1.29, 1.82) is 0 Å². The second-order valence-corrected chi connectivity index (χ2v) is 20.5. The van der Waals surface area contributed by atoms with Crippen LogP contribution in [0.3, 0.4) is 0 Å². The van der Waals surface area contributed by atoms with Crippen molar-refractivity contribution in [2.24, 2.45) is 17.1 Å². The van der Waals surface area contributed by atoms with E-state index in [2.05, 4.69) is 30.9 Å². The largest absolute Gasteiger partial charge is 0.397 e. The smallest absolute Gasteiger partial charge is 0.243 e. The maximum Gasteiger partial charge on any atom is 0.243 e. The number of carbonyl (C=O) groups excluding carboxylic acids is 5. The van der Waals surface area contributed by atoms with Gasteiger partial charge in [-0.05, 0) is 79.2 Å². The lowest BCUT2D eigenvalue weighted by molar-refractivity contribution is -0.140. The van der Waals surface area contributed by atoms with E-state index in [1.165, 1.54) is 23.5 Å². The van der Waals surface area contributed by atoms with Gasteiger partial charge in [-0.1, -0.05) is 76.6 Å². The van der Waals surface area contributed by atoms with E-state index in [0.717, 1.165) is 66.6 Å². The van der Waals surface area contributed by atoms with Gasteiger partial charge in [-0.3, -0.25) is 29.0 Å². The number of aryl methyl sites for hydroxylation is 1. The van der Waals surface area contributed by atoms with E-state index in [4.69, 9.17) is 17.2 Å². The maximum absolute atomic E-state index is 15.3. The number of nitrogens with one attached hydrogen (secondary N) is 3. The number of β-amino-alcohol motifs (C(OH)–C–C–N with tert-alkyl or cyclic N) is 1. The van der Waals surface area contributed by atoms with Crippen LogP contribution in [0.25, 0.3) is 32.3 Å². The fraction of sp³-hybridized carbons (Fsp3) is 0.472. The van der Waals surface area contributed by atoms with Crippen molar-refractivity contribution in [1.82, 2.24) is 30.5 Å². The number of hydrogen-bond donors (Lipinski definition) is 7. The number of likely N-dealkylation sites (tertiary alicyclic amines) is 1. The van der Waals surface area contributed by atoms with Gasteiger partial charge in [0.2, 0.25) is 29.5 Å². The summed E-state index contributed by atoms with van der Waals surface area (Å²) in [6.07, 6.45) is 12.3. The molecule has 5 amide bonds. The minimum atomic E-state index is -0.800. The van der Waals surface area contributed by atoms with Gasteiger partial charge in [-0.2, -0.15) is 0 Å². The standard InChI is InChI=1S/C53H69FN10O6S/c1-32-40(27-58-29-42(32)55)39-21-37-22-44(60-28-41(37)49(56)48(39)54)63-46(67)15-12-14-45(66)59-20-11-9-7-5-6-8-10-13-36(51(57)69)24-53(3,4)25-47(68)64-30-38(65)23-43(64)52(70)61-26-34-16-18-35(19-17-34)50-33(2)62-31-71-50/h16-19,21-22,27-29,31,36,38,43,65H,5-15,20,23-26,30,55-56H2,1-4H3,(H2,57,69)(H,59,66)(H,61,70)(H,60,63,67)/t36?,38-,43+/m1/s1. The first-order valence-electron chi connectivity index (χ1n) is 24.6. The van der Waals surface area contributed by atoms with Gasteiger partial charge in [0.1, 0.15) is 11.9 Å². The van der Waals surface area contributed by atoms with Crippen LogP contribution >= 0.6 is 11.3 Å². The van der Waals surface area contributed by atoms with Gasteiger partial charge >= 0.3 is 0 Å². The molecule has 1 fully saturated rings. The van der Waals surface area contributed by atoms with Crippen LogP contribution < -0.4 is 33.2 Å². The predicted octanol–water partition coefficient (Wildman–Crippen LogP) is 7.87. The third-order valence-corrected chi connectivity index (χ3v) is 14.3. The molecule has 1 aliphatic heterocycles. The molecule has 6 rings (SSSR count). The highest BCUT2D eigenvalue weighted by Gasteiger charge is 2.41. The molecule has 4 heterocycles. The van der Waals surface area contributed by atoms with Crippen molar-refractivity contribution < 1.29 is 33.5 Å². The number of fused-ring (bicyclic) bond motifs is 1. The Bertz CT molecular complexity index is 2680. The minimum absolute atomic E-state index is 0.0670. The fourth-order valence-corrected chi connectivity index (χ4v) is 10.1. The molecular formula is C53H69FN10O6S. The molecule has 10 N–H and O–H groups in total. The molecule has 1 aliphatic rings. The number of unbranched alkanes of at least 4 members (excludes halogenated alkanes) is 6. The van der Waals surface area contributed by atoms with Crippen molar-refractivity contribution in [3.63, 3.8) is 0 Å². The van der Waals surface area contributed by atoms with Gasteiger partial charge in [0.25, 0.3) is 0 Å². The fourth-order valence-electron chi connectivity index (χ4n) is 9.30. The molecule has 0 saturated carbocycles. The number of hydrogen-bond acceptors (Lipinski definition) is 12. The molecule has 16 nitrogen and oxygen atoms in total. The van der Waals surface area contributed by atoms with Crippen LogP contribution in [0.2, 0.25) is 0 Å². The molecule has 0 aliphatic carbocycles. The molecule has 3 aromatic heterocycles. The Morgan fingerprint density at radius 2 is 1.59 bits per heavy atom. The Balaban J connectivity index is 0.816. The first-order chi connectivity index (χ1) is 33.9. The number of pyridine rings is 2. The van der Waals surface area contributed by atoms with Gasteiger partial charge in [0.05, 0.1) is 39.8 Å². The zero-order valence-corrected chi connectivity index (χ0v) is 42.1. The molecule has 18 heteroatoms. The summed E-state index contributed by atoms with van der Waals surface area (Å²) in [5, 5.41) is 20.1. The number of primary amides is 1. The molecule has 0 radical (unpaired) electrons. The minimum Gasteiger partial charge on any atom is -0.397 e. The molecule has 2 aromatic carbocycles. The lowest BCUT2D eigenvalue weighted by Gasteiger charge is -2.31. The van der Waals surface area contributed by atoms with Crippen LogP contribution in [-0.2, 0) is 30.5 Å². The second kappa shape index (κ2) is 25.0. The Morgan fingerprint density at radius 1 is 0.887 bits per heavy atom. The number of aromatic nitrogens is 3. The monoisotopic (exact) mass is 993 g/mol. The number of halogens is 1. The molecule has 0 spiro atoms. The van der Waals surface area contributed by atoms with E-state index < -0.39 is 29.3 Å². The van der Waals surface area contributed by atoms with Crippen molar-refractivity contribution >= 4 is 68.8 Å². The summed E-state index contributed by atoms with van der Waals surface area (Å²) < 4.78 is 15.3. The zero-order chi connectivity index (χ0) is 51.2. The van der Waals surface area contributed by atoms with Crippen LogP contribution in [0.5, 0.6) is 0 Å². The first kappa shape index (κ1) is 53.8. The summed E-state index contributed by atoms with van der Waals surface area (Å²) in [5.41, 5.74) is 24.0. The number of anilines is 3. The van der Waals surface area contributed by atoms with E-state index in [1.54, 1.807) is 30.4 Å². The molecule has 1 saturated heterocycles. The molecule has 71 heavy (non-hydrogen) atoms. The third-order valence-electron chi connectivity index (χ3n) is 13.3. The Labute approximate surface area is 419 Å². The highest BCUT2D eigenvalue weighted by molar-refractivity contribution is 7.13. The lowest BCUT2D eigenvalue weighted by Crippen LogP contribution is -2.46. The number of rotatable bonds is 25. The Hall–Kier alpha value is -6.53. The summed E-state index contributed by atoms with van der Waals surface area (Å²) in [6, 6.07) is 10.4. The average molecular weight is 993 g/mol. The molecule has 1 unspecified atom stereocenters. The van der Waals surface area contributed by atoms with Gasteiger partial charge in [0.15, 0.2) is 5.82 Å². The normalized spacial score (nSPS) is 15.2. The summed E-state index contributed by atoms with van der Waals surface area (Å²) in [6.45, 7) is 8.55. The van der Waals surface area contributed by atoms with Crippen LogP contribution in [0.4, 0.5) is 21.6 Å². The van der Waals surface area contributed by atoms with Gasteiger partial charge in [-0.25, -0.2) is 14.4 Å². The van der Waals surface area contributed by atoms with Crippen LogP contribution in [0, 0.1) is 31.0 Å². The quantitative estimate of drug-likeness (QED) is 0.0219. The maximum atomic E-state index is 15.3. The van der Waals surface area contributed by atoms with Gasteiger partial charge in [-0.15, -0.1) is 11.3 Å². The zero-order valence-electron chi connectivity index (χ0n) is 41.3. The first-order valence-corrected chi connectivity index (χ1v) is 25.5. The average Bonchev–Trinajstić information content (AvgIpc) is 3.95. The summed E-state index contributed by atoms with van der Waals surface area (Å²) in [4.78, 5) is 79.9. The number of thiazole rings is 1. The number of carbonyl (C=O) groups is 5. The van der Waals surface area contributed by atoms with E-state index in [1.807, 2.05) is 50.5 Å². The summed E-state index contributed by atoms with van der Waals surface area (Å²) >= 11 is 1.58. The van der Waals surface area contributed by atoms with Crippen molar-refractivity contribution in [3.05, 3.63) is 83.1 Å². The van der Waals surface area contributed by atoms with Crippen molar-refractivity contribution in [3.8, 4) is 21.6 Å². The lowest BCUT2D eigenvalue weighted by atomic mass is 9.77. The summed E-state index contributed by atoms with van der Waals surface area (Å²) in [7, 11) is 0. The van der Waals surface area contributed by atoms with Crippen LogP contribution in [0.1, 0.15) is 121 Å². The highest BCUT2D eigenvalue weighted by atomic mass is 32.1. The van der Waals surface area contributed by atoms with Crippen LogP contribution in [0.15, 0.2) is 60.5 Å². The number of nitrogens with two attached hydrogens (primary N) is 3. The molecular weight excluding hydrogens is 924 g/mol. The van der Waals surface area contributed by atoms with Gasteiger partial charge in [0, 0.05) is 80.1 Å². The van der Waals surface area contributed by atoms with E-state index in [-0.39, 0.29) is 78.8 Å². The Kier molecular flexibility index (Phi) is 19.0. The SMILES string of the molecule is Cc1ncsc1-c1ccc(CNC(=O)[C@@H]2C[C@@H](O)CN2C(=O)CC(C)(C)CC(CCCCCCCCCNC(=O)CCCC(=O)Nc2cc3cc(-c4cncc(N)c4C)c(F)c(N)c3cn2)C(N)=O)cc1. The molecule has 380 valence electrons. The molecule has 0 bridgehead atoms. The number of aliphatic hydroxyl groups is 1. The number of aliphatic hydroxyl groups excluding tert-OH is 1. The Morgan fingerprint density at radius 3 is 2.30 bits per heavy atom. The second-order valence-electron chi connectivity index (χ2n) is 19.6. The number of nitrogen functional groups attached to an aromatic ring is 2.